The van der Waals surface area contributed by atoms with Crippen LogP contribution in [0.2, 0.25) is 0 Å². The molecule has 0 bridgehead atoms. The first-order valence-electron chi connectivity index (χ1n) is 7.65. The Morgan fingerprint density at radius 3 is 2.41 bits per heavy atom. The van der Waals surface area contributed by atoms with E-state index in [1.165, 1.54) is 26.4 Å². The lowest BCUT2D eigenvalue weighted by Gasteiger charge is -2.15. The molecule has 0 saturated heterocycles. The minimum Gasteiger partial charge on any atom is -0.493 e. The van der Waals surface area contributed by atoms with Crippen LogP contribution in [0.25, 0.3) is 0 Å². The van der Waals surface area contributed by atoms with Crippen molar-refractivity contribution in [3.05, 3.63) is 53.1 Å². The van der Waals surface area contributed by atoms with Crippen molar-refractivity contribution in [3.63, 3.8) is 0 Å². The molecule has 0 fully saturated rings. The van der Waals surface area contributed by atoms with E-state index < -0.39 is 11.7 Å². The van der Waals surface area contributed by atoms with Gasteiger partial charge in [0.2, 0.25) is 0 Å². The molecule has 2 aromatic rings. The number of rotatable bonds is 5. The van der Waals surface area contributed by atoms with Gasteiger partial charge in [0.25, 0.3) is 0 Å². The van der Waals surface area contributed by atoms with Crippen LogP contribution in [0.4, 0.5) is 18.9 Å². The molecule has 0 atom stereocenters. The summed E-state index contributed by atoms with van der Waals surface area (Å²) < 4.78 is 48.6. The molecule has 9 heteroatoms. The first-order chi connectivity index (χ1) is 12.8. The van der Waals surface area contributed by atoms with Gasteiger partial charge in [-0.05, 0) is 29.9 Å². The van der Waals surface area contributed by atoms with Crippen molar-refractivity contribution in [2.24, 2.45) is 0 Å². The summed E-state index contributed by atoms with van der Waals surface area (Å²) in [4.78, 5) is 0. The third-order valence-electron chi connectivity index (χ3n) is 3.60. The highest BCUT2D eigenvalue weighted by atomic mass is 32.1. The molecule has 0 aliphatic carbocycles. The number of methoxy groups -OCH3 is 2. The van der Waals surface area contributed by atoms with Crippen LogP contribution < -0.4 is 20.1 Å². The number of halogens is 3. The number of alkyl halides is 3. The summed E-state index contributed by atoms with van der Waals surface area (Å²) in [5, 5.41) is 15.1. The molecule has 0 unspecified atom stereocenters. The molecule has 2 N–H and O–H groups in total. The average Bonchev–Trinajstić information content (AvgIpc) is 2.65. The number of ether oxygens (including phenoxy) is 2. The lowest BCUT2D eigenvalue weighted by atomic mass is 10.1. The van der Waals surface area contributed by atoms with Gasteiger partial charge in [0.05, 0.1) is 31.0 Å². The van der Waals surface area contributed by atoms with Crippen LogP contribution in [-0.2, 0) is 12.7 Å². The molecule has 0 aromatic heterocycles. The number of anilines is 1. The minimum atomic E-state index is -4.41. The molecule has 0 amide bonds. The fraction of sp³-hybridized carbons (Fsp3) is 0.222. The molecule has 0 aliphatic heterocycles. The summed E-state index contributed by atoms with van der Waals surface area (Å²) in [5.41, 5.74) is 0.349. The third kappa shape index (κ3) is 5.24. The molecule has 0 spiro atoms. The average molecular weight is 395 g/mol. The van der Waals surface area contributed by atoms with E-state index >= 15 is 0 Å². The van der Waals surface area contributed by atoms with Crippen molar-refractivity contribution in [3.8, 4) is 17.6 Å². The molecule has 0 heterocycles. The maximum atomic E-state index is 12.8. The van der Waals surface area contributed by atoms with Crippen LogP contribution in [0, 0.1) is 11.3 Å². The topological polar surface area (TPSA) is 66.3 Å². The summed E-state index contributed by atoms with van der Waals surface area (Å²) >= 11 is 5.16. The summed E-state index contributed by atoms with van der Waals surface area (Å²) in [6.45, 7) is 0.0882. The van der Waals surface area contributed by atoms with Gasteiger partial charge in [-0.1, -0.05) is 12.1 Å². The fourth-order valence-corrected chi connectivity index (χ4v) is 2.46. The predicted octanol–water partition coefficient (Wildman–Crippen LogP) is 4.08. The number of hydrogen-bond donors (Lipinski definition) is 2. The zero-order valence-electron chi connectivity index (χ0n) is 14.5. The summed E-state index contributed by atoms with van der Waals surface area (Å²) in [6, 6.07) is 10.0. The Morgan fingerprint density at radius 1 is 1.15 bits per heavy atom. The monoisotopic (exact) mass is 395 g/mol. The zero-order chi connectivity index (χ0) is 20.0. The number of thiocarbonyl (C=S) groups is 1. The second-order valence-electron chi connectivity index (χ2n) is 5.37. The highest BCUT2D eigenvalue weighted by Gasteiger charge is 2.30. The standard InChI is InChI=1S/C18H16F3N3O2S/c1-25-15-7-12(9-22)14(8-16(15)26-2)24-17(27)23-10-11-4-3-5-13(6-11)18(19,20)21/h3-8H,10H2,1-2H3,(H2,23,24,27). The third-order valence-corrected chi connectivity index (χ3v) is 3.85. The van der Waals surface area contributed by atoms with Gasteiger partial charge in [-0.3, -0.25) is 0 Å². The van der Waals surface area contributed by atoms with Crippen molar-refractivity contribution in [1.29, 1.82) is 5.26 Å². The van der Waals surface area contributed by atoms with Crippen LogP contribution in [0.5, 0.6) is 11.5 Å². The molecular weight excluding hydrogens is 379 g/mol. The summed E-state index contributed by atoms with van der Waals surface area (Å²) in [6.07, 6.45) is -4.41. The highest BCUT2D eigenvalue weighted by molar-refractivity contribution is 7.80. The molecular formula is C18H16F3N3O2S. The van der Waals surface area contributed by atoms with Gasteiger partial charge in [0.15, 0.2) is 16.6 Å². The van der Waals surface area contributed by atoms with Crippen LogP contribution >= 0.6 is 12.2 Å². The van der Waals surface area contributed by atoms with E-state index in [9.17, 15) is 18.4 Å². The smallest absolute Gasteiger partial charge is 0.416 e. The van der Waals surface area contributed by atoms with Crippen LogP contribution in [0.3, 0.4) is 0 Å². The lowest BCUT2D eigenvalue weighted by molar-refractivity contribution is -0.137. The molecule has 0 aliphatic rings. The van der Waals surface area contributed by atoms with Gasteiger partial charge in [0.1, 0.15) is 6.07 Å². The summed E-state index contributed by atoms with van der Waals surface area (Å²) in [7, 11) is 2.91. The molecule has 5 nitrogen and oxygen atoms in total. The number of hydrogen-bond acceptors (Lipinski definition) is 4. The van der Waals surface area contributed by atoms with Gasteiger partial charge < -0.3 is 20.1 Å². The SMILES string of the molecule is COc1cc(C#N)c(NC(=S)NCc2cccc(C(F)(F)F)c2)cc1OC. The Morgan fingerprint density at radius 2 is 1.81 bits per heavy atom. The molecule has 2 rings (SSSR count). The van der Waals surface area contributed by atoms with E-state index in [-0.39, 0.29) is 17.2 Å². The van der Waals surface area contributed by atoms with E-state index in [0.717, 1.165) is 12.1 Å². The first-order valence-corrected chi connectivity index (χ1v) is 8.06. The van der Waals surface area contributed by atoms with Gasteiger partial charge in [0, 0.05) is 18.7 Å². The summed E-state index contributed by atoms with van der Waals surface area (Å²) in [5.74, 6) is 0.794. The number of nitrogens with zero attached hydrogens (tertiary/aromatic N) is 1. The number of benzene rings is 2. The number of nitriles is 1. The van der Waals surface area contributed by atoms with Crippen molar-refractivity contribution in [2.45, 2.75) is 12.7 Å². The Balaban J connectivity index is 2.09. The fourth-order valence-electron chi connectivity index (χ4n) is 2.28. The second-order valence-corrected chi connectivity index (χ2v) is 5.78. The molecule has 0 radical (unpaired) electrons. The largest absolute Gasteiger partial charge is 0.493 e. The number of nitrogens with one attached hydrogen (secondary N) is 2. The molecule has 2 aromatic carbocycles. The zero-order valence-corrected chi connectivity index (χ0v) is 15.3. The second kappa shape index (κ2) is 8.60. The van der Waals surface area contributed by atoms with E-state index in [2.05, 4.69) is 10.6 Å². The van der Waals surface area contributed by atoms with Crippen LogP contribution in [0.1, 0.15) is 16.7 Å². The van der Waals surface area contributed by atoms with Crippen molar-refractivity contribution in [1.82, 2.24) is 5.32 Å². The van der Waals surface area contributed by atoms with Crippen LogP contribution in [0.15, 0.2) is 36.4 Å². The lowest BCUT2D eigenvalue weighted by Crippen LogP contribution is -2.28. The molecule has 27 heavy (non-hydrogen) atoms. The first kappa shape index (κ1) is 20.3. The van der Waals surface area contributed by atoms with Crippen LogP contribution in [-0.4, -0.2) is 19.3 Å². The van der Waals surface area contributed by atoms with Gasteiger partial charge in [-0.2, -0.15) is 18.4 Å². The minimum absolute atomic E-state index is 0.0882. The molecule has 0 saturated carbocycles. The molecule has 142 valence electrons. The van der Waals surface area contributed by atoms with E-state index in [0.29, 0.717) is 22.7 Å². The predicted molar refractivity (Wildman–Crippen MR) is 98.8 cm³/mol. The highest BCUT2D eigenvalue weighted by Crippen LogP contribution is 2.33. The van der Waals surface area contributed by atoms with Crippen molar-refractivity contribution >= 4 is 23.0 Å². The Hall–Kier alpha value is -2.99. The normalized spacial score (nSPS) is 10.7. The maximum absolute atomic E-state index is 12.8. The van der Waals surface area contributed by atoms with Gasteiger partial charge in [-0.25, -0.2) is 0 Å². The van der Waals surface area contributed by atoms with Gasteiger partial charge in [-0.15, -0.1) is 0 Å². The van der Waals surface area contributed by atoms with Crippen molar-refractivity contribution in [2.75, 3.05) is 19.5 Å². The quantitative estimate of drug-likeness (QED) is 0.744. The van der Waals surface area contributed by atoms with E-state index in [4.69, 9.17) is 21.7 Å². The van der Waals surface area contributed by atoms with E-state index in [1.54, 1.807) is 12.1 Å². The van der Waals surface area contributed by atoms with E-state index in [1.807, 2.05) is 6.07 Å². The maximum Gasteiger partial charge on any atom is 0.416 e. The Kier molecular flexibility index (Phi) is 6.47. The Bertz CT molecular complexity index is 879. The Labute approximate surface area is 159 Å². The van der Waals surface area contributed by atoms with Gasteiger partial charge >= 0.3 is 6.18 Å². The van der Waals surface area contributed by atoms with Crippen molar-refractivity contribution < 1.29 is 22.6 Å².